The summed E-state index contributed by atoms with van der Waals surface area (Å²) < 4.78 is 30.3. The summed E-state index contributed by atoms with van der Waals surface area (Å²) in [5, 5.41) is 12.8. The van der Waals surface area contributed by atoms with Gasteiger partial charge >= 0.3 is 13.7 Å². The SMILES string of the molecule is CCOP(=O)(CC(NC(=O)OC(C)(C)C)c1cc(I)c(O)c(I)c1)OCC. The van der Waals surface area contributed by atoms with Crippen LogP contribution in [0.1, 0.15) is 46.2 Å². The number of phenols is 1. The molecule has 154 valence electrons. The maximum atomic E-state index is 13.0. The fourth-order valence-electron chi connectivity index (χ4n) is 2.23. The van der Waals surface area contributed by atoms with Gasteiger partial charge in [0, 0.05) is 0 Å². The average molecular weight is 625 g/mol. The normalized spacial score (nSPS) is 13.3. The third kappa shape index (κ3) is 8.43. The average Bonchev–Trinajstić information content (AvgIpc) is 2.50. The lowest BCUT2D eigenvalue weighted by atomic mass is 10.1. The molecule has 1 atom stereocenters. The van der Waals surface area contributed by atoms with Gasteiger partial charge in [0.1, 0.15) is 11.4 Å². The number of rotatable bonds is 8. The molecule has 0 radical (unpaired) electrons. The minimum atomic E-state index is -3.43. The predicted octanol–water partition coefficient (Wildman–Crippen LogP) is 5.43. The van der Waals surface area contributed by atoms with Gasteiger partial charge in [-0.1, -0.05) is 0 Å². The smallest absolute Gasteiger partial charge is 0.408 e. The number of aromatic hydroxyl groups is 1. The number of benzene rings is 1. The van der Waals surface area contributed by atoms with Crippen LogP contribution in [0.3, 0.4) is 0 Å². The fourth-order valence-corrected chi connectivity index (χ4v) is 5.87. The minimum absolute atomic E-state index is 0.0507. The molecule has 0 saturated carbocycles. The van der Waals surface area contributed by atoms with Crippen molar-refractivity contribution in [1.29, 1.82) is 0 Å². The van der Waals surface area contributed by atoms with Gasteiger partial charge in [-0.25, -0.2) is 4.79 Å². The molecule has 1 aromatic rings. The van der Waals surface area contributed by atoms with Crippen LogP contribution in [0, 0.1) is 7.14 Å². The number of carbonyl (C=O) groups excluding carboxylic acids is 1. The van der Waals surface area contributed by atoms with Gasteiger partial charge in [-0.15, -0.1) is 0 Å². The second kappa shape index (κ2) is 10.6. The van der Waals surface area contributed by atoms with Gasteiger partial charge in [0.2, 0.25) is 0 Å². The van der Waals surface area contributed by atoms with E-state index >= 15 is 0 Å². The summed E-state index contributed by atoms with van der Waals surface area (Å²) in [6.07, 6.45) is -0.685. The summed E-state index contributed by atoms with van der Waals surface area (Å²) in [5.74, 6) is 0.161. The van der Waals surface area contributed by atoms with Crippen molar-refractivity contribution >= 4 is 58.9 Å². The molecule has 0 bridgehead atoms. The van der Waals surface area contributed by atoms with E-state index in [9.17, 15) is 14.5 Å². The Hall–Kier alpha value is -0.100. The first-order chi connectivity index (χ1) is 12.4. The highest BCUT2D eigenvalue weighted by Crippen LogP contribution is 2.51. The van der Waals surface area contributed by atoms with Crippen molar-refractivity contribution in [2.45, 2.75) is 46.3 Å². The summed E-state index contributed by atoms with van der Waals surface area (Å²) in [7, 11) is -3.43. The molecule has 0 saturated heterocycles. The molecule has 1 aromatic carbocycles. The topological polar surface area (TPSA) is 94.1 Å². The first-order valence-corrected chi connectivity index (χ1v) is 12.3. The van der Waals surface area contributed by atoms with Gasteiger partial charge < -0.3 is 24.2 Å². The highest BCUT2D eigenvalue weighted by Gasteiger charge is 2.32. The Balaban J connectivity index is 3.23. The molecule has 0 aliphatic rings. The minimum Gasteiger partial charge on any atom is -0.506 e. The molecule has 2 N–H and O–H groups in total. The Bertz CT molecular complexity index is 674. The molecule has 1 unspecified atom stereocenters. The maximum absolute atomic E-state index is 13.0. The molecule has 1 rings (SSSR count). The third-order valence-corrected chi connectivity index (χ3v) is 6.95. The molecule has 0 aliphatic heterocycles. The fraction of sp³-hybridized carbons (Fsp3) is 0.588. The molecule has 0 spiro atoms. The van der Waals surface area contributed by atoms with Crippen molar-refractivity contribution in [1.82, 2.24) is 5.32 Å². The van der Waals surface area contributed by atoms with Crippen LogP contribution < -0.4 is 5.32 Å². The standard InChI is InChI=1S/C17H26I2NO6P/c1-6-24-27(23,25-7-2)10-14(20-16(22)26-17(3,4)5)11-8-12(18)15(21)13(19)9-11/h8-9,14,21H,6-7,10H2,1-5H3,(H,20,22). The first-order valence-electron chi connectivity index (χ1n) is 8.46. The maximum Gasteiger partial charge on any atom is 0.408 e. The number of halogens is 2. The zero-order valence-corrected chi connectivity index (χ0v) is 21.3. The second-order valence-corrected chi connectivity index (χ2v) is 11.1. The predicted molar refractivity (Wildman–Crippen MR) is 121 cm³/mol. The van der Waals surface area contributed by atoms with Gasteiger partial charge in [0.15, 0.2) is 0 Å². The highest BCUT2D eigenvalue weighted by molar-refractivity contribution is 14.1. The van der Waals surface area contributed by atoms with Crippen LogP contribution in [0.5, 0.6) is 5.75 Å². The molecule has 7 nitrogen and oxygen atoms in total. The van der Waals surface area contributed by atoms with Crippen molar-refractivity contribution in [2.75, 3.05) is 19.4 Å². The number of hydrogen-bond donors (Lipinski definition) is 2. The Labute approximate surface area is 187 Å². The molecule has 0 aromatic heterocycles. The molecule has 27 heavy (non-hydrogen) atoms. The van der Waals surface area contributed by atoms with E-state index in [1.807, 2.05) is 45.2 Å². The largest absolute Gasteiger partial charge is 0.506 e. The second-order valence-electron chi connectivity index (χ2n) is 6.66. The van der Waals surface area contributed by atoms with E-state index in [1.165, 1.54) is 0 Å². The third-order valence-electron chi connectivity index (χ3n) is 3.19. The summed E-state index contributed by atoms with van der Waals surface area (Å²) in [6.45, 7) is 9.20. The van der Waals surface area contributed by atoms with Crippen molar-refractivity contribution in [3.63, 3.8) is 0 Å². The monoisotopic (exact) mass is 625 g/mol. The number of phenolic OH excluding ortho intramolecular Hbond substituents is 1. The molecular formula is C17H26I2NO6P. The zero-order valence-electron chi connectivity index (χ0n) is 16.0. The molecular weight excluding hydrogens is 599 g/mol. The van der Waals surface area contributed by atoms with Gasteiger partial charge in [0.25, 0.3) is 0 Å². The zero-order chi connectivity index (χ0) is 20.8. The lowest BCUT2D eigenvalue weighted by Gasteiger charge is -2.27. The van der Waals surface area contributed by atoms with E-state index in [-0.39, 0.29) is 25.1 Å². The number of nitrogens with one attached hydrogen (secondary N) is 1. The van der Waals surface area contributed by atoms with Gasteiger partial charge in [-0.05, 0) is 97.5 Å². The Morgan fingerprint density at radius 2 is 1.67 bits per heavy atom. The Morgan fingerprint density at radius 3 is 2.07 bits per heavy atom. The van der Waals surface area contributed by atoms with E-state index < -0.39 is 25.3 Å². The number of amides is 1. The molecule has 1 amide bonds. The lowest BCUT2D eigenvalue weighted by molar-refractivity contribution is 0.0507. The number of ether oxygens (including phenoxy) is 1. The highest BCUT2D eigenvalue weighted by atomic mass is 127. The van der Waals surface area contributed by atoms with Crippen LogP contribution in [0.25, 0.3) is 0 Å². The van der Waals surface area contributed by atoms with Crippen molar-refractivity contribution in [3.8, 4) is 5.75 Å². The molecule has 0 fully saturated rings. The quantitative estimate of drug-likeness (QED) is 0.296. The van der Waals surface area contributed by atoms with Gasteiger partial charge in [-0.2, -0.15) is 0 Å². The van der Waals surface area contributed by atoms with Crippen molar-refractivity contribution in [2.24, 2.45) is 0 Å². The summed E-state index contributed by atoms with van der Waals surface area (Å²) >= 11 is 4.01. The molecule has 0 aliphatic carbocycles. The van der Waals surface area contributed by atoms with E-state index in [4.69, 9.17) is 13.8 Å². The number of hydrogen-bond acceptors (Lipinski definition) is 6. The van der Waals surface area contributed by atoms with Crippen molar-refractivity contribution < 1.29 is 28.3 Å². The van der Waals surface area contributed by atoms with Crippen LogP contribution in [-0.2, 0) is 18.3 Å². The van der Waals surface area contributed by atoms with E-state index in [0.717, 1.165) is 0 Å². The Morgan fingerprint density at radius 1 is 1.19 bits per heavy atom. The van der Waals surface area contributed by atoms with E-state index in [0.29, 0.717) is 12.7 Å². The van der Waals surface area contributed by atoms with E-state index in [2.05, 4.69) is 5.32 Å². The Kier molecular flexibility index (Phi) is 9.80. The summed E-state index contributed by atoms with van der Waals surface area (Å²) in [6, 6.07) is 2.77. The molecule has 10 heteroatoms. The number of alkyl carbamates (subject to hydrolysis) is 1. The molecule has 0 heterocycles. The van der Waals surface area contributed by atoms with Crippen LogP contribution in [0.2, 0.25) is 0 Å². The van der Waals surface area contributed by atoms with Crippen LogP contribution in [0.15, 0.2) is 12.1 Å². The van der Waals surface area contributed by atoms with Crippen molar-refractivity contribution in [3.05, 3.63) is 24.8 Å². The van der Waals surface area contributed by atoms with Crippen LogP contribution in [-0.4, -0.2) is 36.2 Å². The van der Waals surface area contributed by atoms with E-state index in [1.54, 1.807) is 46.8 Å². The van der Waals surface area contributed by atoms with Crippen LogP contribution in [0.4, 0.5) is 4.79 Å². The van der Waals surface area contributed by atoms with Crippen LogP contribution >= 0.6 is 52.8 Å². The summed E-state index contributed by atoms with van der Waals surface area (Å²) in [4.78, 5) is 12.3. The summed E-state index contributed by atoms with van der Waals surface area (Å²) in [5.41, 5.74) is 0.00257. The lowest BCUT2D eigenvalue weighted by Crippen LogP contribution is -2.36. The first kappa shape index (κ1) is 24.9. The van der Waals surface area contributed by atoms with Gasteiger partial charge in [0.05, 0.1) is 32.6 Å². The number of carbonyl (C=O) groups is 1. The van der Waals surface area contributed by atoms with Gasteiger partial charge in [-0.3, -0.25) is 4.57 Å².